The van der Waals surface area contributed by atoms with Gasteiger partial charge < -0.3 is 9.47 Å². The van der Waals surface area contributed by atoms with E-state index in [1.807, 2.05) is 0 Å². The van der Waals surface area contributed by atoms with E-state index in [0.29, 0.717) is 0 Å². The SMILES string of the molecule is C=COC(=O)C(Br)OC. The summed E-state index contributed by atoms with van der Waals surface area (Å²) in [5.41, 5.74) is 0. The Morgan fingerprint density at radius 1 is 1.89 bits per heavy atom. The van der Waals surface area contributed by atoms with Gasteiger partial charge in [-0.25, -0.2) is 4.79 Å². The van der Waals surface area contributed by atoms with Gasteiger partial charge >= 0.3 is 5.97 Å². The predicted octanol–water partition coefficient (Wildman–Crippen LogP) is 1.04. The minimum atomic E-state index is -0.699. The largest absolute Gasteiger partial charge is 0.433 e. The van der Waals surface area contributed by atoms with Crippen molar-refractivity contribution in [2.45, 2.75) is 5.01 Å². The van der Waals surface area contributed by atoms with Gasteiger partial charge in [-0.1, -0.05) is 6.58 Å². The van der Waals surface area contributed by atoms with E-state index in [-0.39, 0.29) is 0 Å². The van der Waals surface area contributed by atoms with Crippen molar-refractivity contribution in [2.75, 3.05) is 7.11 Å². The lowest BCUT2D eigenvalue weighted by atomic mass is 10.7. The average Bonchev–Trinajstić information content (AvgIpc) is 1.87. The molecule has 0 aliphatic rings. The molecule has 0 saturated carbocycles. The third-order valence-corrected chi connectivity index (χ3v) is 1.34. The standard InChI is InChI=1S/C5H7BrO3/c1-3-9-5(7)4(6)8-2/h3-4H,1H2,2H3. The van der Waals surface area contributed by atoms with Crippen LogP contribution in [0, 0.1) is 0 Å². The summed E-state index contributed by atoms with van der Waals surface area (Å²) < 4.78 is 8.91. The van der Waals surface area contributed by atoms with E-state index in [1.165, 1.54) is 7.11 Å². The van der Waals surface area contributed by atoms with Crippen LogP contribution in [-0.2, 0) is 14.3 Å². The van der Waals surface area contributed by atoms with Gasteiger partial charge in [0, 0.05) is 7.11 Å². The number of carbonyl (C=O) groups is 1. The molecular weight excluding hydrogens is 188 g/mol. The van der Waals surface area contributed by atoms with Gasteiger partial charge in [0.05, 0.1) is 6.26 Å². The van der Waals surface area contributed by atoms with Gasteiger partial charge in [-0.3, -0.25) is 0 Å². The Morgan fingerprint density at radius 2 is 2.44 bits per heavy atom. The molecule has 0 saturated heterocycles. The molecule has 0 aromatic rings. The average molecular weight is 195 g/mol. The summed E-state index contributed by atoms with van der Waals surface area (Å²) in [5, 5.41) is -0.699. The van der Waals surface area contributed by atoms with Gasteiger partial charge in [-0.2, -0.15) is 0 Å². The zero-order chi connectivity index (χ0) is 7.28. The maximum Gasteiger partial charge on any atom is 0.351 e. The number of hydrogen-bond donors (Lipinski definition) is 0. The second-order valence-electron chi connectivity index (χ2n) is 1.16. The van der Waals surface area contributed by atoms with Crippen molar-refractivity contribution in [1.82, 2.24) is 0 Å². The highest BCUT2D eigenvalue weighted by molar-refractivity contribution is 9.09. The molecule has 0 radical (unpaired) electrons. The Bertz CT molecular complexity index is 113. The Balaban J connectivity index is 3.58. The lowest BCUT2D eigenvalue weighted by Crippen LogP contribution is -2.16. The van der Waals surface area contributed by atoms with Crippen molar-refractivity contribution >= 4 is 21.9 Å². The molecule has 3 nitrogen and oxygen atoms in total. The van der Waals surface area contributed by atoms with Crippen LogP contribution in [0.4, 0.5) is 0 Å². The molecule has 0 aromatic heterocycles. The number of alkyl halides is 1. The summed E-state index contributed by atoms with van der Waals surface area (Å²) >= 11 is 2.90. The van der Waals surface area contributed by atoms with E-state index >= 15 is 0 Å². The monoisotopic (exact) mass is 194 g/mol. The summed E-state index contributed by atoms with van der Waals surface area (Å²) in [6, 6.07) is 0. The number of carbonyl (C=O) groups excluding carboxylic acids is 1. The number of methoxy groups -OCH3 is 1. The molecular formula is C5H7BrO3. The van der Waals surface area contributed by atoms with E-state index < -0.39 is 11.0 Å². The van der Waals surface area contributed by atoms with Gasteiger partial charge in [0.2, 0.25) is 5.01 Å². The van der Waals surface area contributed by atoms with Gasteiger partial charge in [0.15, 0.2) is 0 Å². The zero-order valence-corrected chi connectivity index (χ0v) is 6.55. The van der Waals surface area contributed by atoms with Gasteiger partial charge in [0.1, 0.15) is 0 Å². The second-order valence-corrected chi connectivity index (χ2v) is 1.99. The van der Waals surface area contributed by atoms with Crippen LogP contribution in [0.2, 0.25) is 0 Å². The van der Waals surface area contributed by atoms with Crippen LogP contribution in [0.5, 0.6) is 0 Å². The lowest BCUT2D eigenvalue weighted by molar-refractivity contribution is -0.143. The van der Waals surface area contributed by atoms with E-state index in [1.54, 1.807) is 0 Å². The molecule has 9 heavy (non-hydrogen) atoms. The topological polar surface area (TPSA) is 35.5 Å². The summed E-state index contributed by atoms with van der Waals surface area (Å²) in [7, 11) is 1.39. The third kappa shape index (κ3) is 3.26. The van der Waals surface area contributed by atoms with Crippen molar-refractivity contribution in [3.8, 4) is 0 Å². The molecule has 0 aliphatic carbocycles. The van der Waals surface area contributed by atoms with Crippen molar-refractivity contribution in [3.05, 3.63) is 12.8 Å². The molecule has 4 heteroatoms. The van der Waals surface area contributed by atoms with Crippen molar-refractivity contribution in [2.24, 2.45) is 0 Å². The summed E-state index contributed by atoms with van der Waals surface area (Å²) in [5.74, 6) is -0.507. The first-order valence-corrected chi connectivity index (χ1v) is 3.12. The molecule has 0 aliphatic heterocycles. The number of halogens is 1. The van der Waals surface area contributed by atoms with E-state index in [2.05, 4.69) is 32.0 Å². The first kappa shape index (κ1) is 8.65. The molecule has 0 amide bonds. The Kier molecular flexibility index (Phi) is 4.35. The molecule has 0 heterocycles. The molecule has 1 atom stereocenters. The molecule has 52 valence electrons. The molecule has 0 fully saturated rings. The normalized spacial score (nSPS) is 12.2. The number of rotatable bonds is 3. The van der Waals surface area contributed by atoms with Gasteiger partial charge in [-0.15, -0.1) is 0 Å². The van der Waals surface area contributed by atoms with Crippen molar-refractivity contribution in [1.29, 1.82) is 0 Å². The van der Waals surface area contributed by atoms with Crippen LogP contribution < -0.4 is 0 Å². The van der Waals surface area contributed by atoms with Crippen LogP contribution in [0.15, 0.2) is 12.8 Å². The Labute approximate surface area is 61.8 Å². The summed E-state index contributed by atoms with van der Waals surface area (Å²) in [6.07, 6.45) is 1.05. The van der Waals surface area contributed by atoms with Crippen LogP contribution in [0.25, 0.3) is 0 Å². The first-order valence-electron chi connectivity index (χ1n) is 2.20. The molecule has 0 bridgehead atoms. The van der Waals surface area contributed by atoms with Crippen molar-refractivity contribution < 1.29 is 14.3 Å². The minimum Gasteiger partial charge on any atom is -0.433 e. The molecule has 1 unspecified atom stereocenters. The molecule has 0 rings (SSSR count). The van der Waals surface area contributed by atoms with E-state index in [4.69, 9.17) is 0 Å². The van der Waals surface area contributed by atoms with Crippen LogP contribution in [0.1, 0.15) is 0 Å². The summed E-state index contributed by atoms with van der Waals surface area (Å²) in [4.78, 5) is 10.5. The van der Waals surface area contributed by atoms with Crippen molar-refractivity contribution in [3.63, 3.8) is 0 Å². The number of ether oxygens (including phenoxy) is 2. The third-order valence-electron chi connectivity index (χ3n) is 0.592. The molecule has 0 spiro atoms. The van der Waals surface area contributed by atoms with Gasteiger partial charge in [-0.05, 0) is 15.9 Å². The Morgan fingerprint density at radius 3 is 2.78 bits per heavy atom. The lowest BCUT2D eigenvalue weighted by Gasteiger charge is -2.02. The predicted molar refractivity (Wildman–Crippen MR) is 36.0 cm³/mol. The maximum absolute atomic E-state index is 10.5. The number of hydrogen-bond acceptors (Lipinski definition) is 3. The molecule has 0 aromatic carbocycles. The van der Waals surface area contributed by atoms with Crippen LogP contribution in [-0.4, -0.2) is 18.1 Å². The van der Waals surface area contributed by atoms with Crippen LogP contribution >= 0.6 is 15.9 Å². The first-order chi connectivity index (χ1) is 4.22. The quantitative estimate of drug-likeness (QED) is 0.383. The number of esters is 1. The Hall–Kier alpha value is -0.350. The van der Waals surface area contributed by atoms with E-state index in [9.17, 15) is 4.79 Å². The summed E-state index contributed by atoms with van der Waals surface area (Å²) in [6.45, 7) is 3.20. The van der Waals surface area contributed by atoms with Crippen LogP contribution in [0.3, 0.4) is 0 Å². The highest BCUT2D eigenvalue weighted by atomic mass is 79.9. The van der Waals surface area contributed by atoms with Gasteiger partial charge in [0.25, 0.3) is 0 Å². The highest BCUT2D eigenvalue weighted by Gasteiger charge is 2.12. The maximum atomic E-state index is 10.5. The fraction of sp³-hybridized carbons (Fsp3) is 0.400. The smallest absolute Gasteiger partial charge is 0.351 e. The zero-order valence-electron chi connectivity index (χ0n) is 4.96. The second kappa shape index (κ2) is 4.52. The fourth-order valence-electron chi connectivity index (χ4n) is 0.232. The highest BCUT2D eigenvalue weighted by Crippen LogP contribution is 2.01. The molecule has 0 N–H and O–H groups in total. The minimum absolute atomic E-state index is 0.507. The fourth-order valence-corrected chi connectivity index (χ4v) is 0.340. The van der Waals surface area contributed by atoms with E-state index in [0.717, 1.165) is 6.26 Å².